The van der Waals surface area contributed by atoms with Crippen molar-refractivity contribution in [3.63, 3.8) is 0 Å². The summed E-state index contributed by atoms with van der Waals surface area (Å²) in [4.78, 5) is 5.22. The third-order valence-corrected chi connectivity index (χ3v) is 4.35. The normalized spacial score (nSPS) is 11.1. The molecule has 20 heavy (non-hydrogen) atoms. The second-order valence-corrected chi connectivity index (χ2v) is 5.79. The third-order valence-electron chi connectivity index (χ3n) is 2.56. The fourth-order valence-corrected chi connectivity index (χ4v) is 2.97. The van der Waals surface area contributed by atoms with Crippen molar-refractivity contribution in [2.45, 2.75) is 24.3 Å². The van der Waals surface area contributed by atoms with E-state index in [9.17, 15) is 0 Å². The first kappa shape index (κ1) is 13.1. The molecule has 0 aromatic carbocycles. The maximum Gasteiger partial charge on any atom is 0.237 e. The van der Waals surface area contributed by atoms with Gasteiger partial charge in [-0.25, -0.2) is 4.68 Å². The standard InChI is InChI=1S/C11H12N6OS2/c1-2-8-13-9(18-16-8)6-20-11-15-14-10(17(11)12)7-4-3-5-19-7/h3-5H,2,6,12H2,1H3. The quantitative estimate of drug-likeness (QED) is 0.568. The Morgan fingerprint density at radius 3 is 3.05 bits per heavy atom. The molecule has 0 unspecified atom stereocenters. The van der Waals surface area contributed by atoms with E-state index in [0.717, 1.165) is 11.3 Å². The predicted octanol–water partition coefficient (Wildman–Crippen LogP) is 1.96. The second-order valence-electron chi connectivity index (χ2n) is 3.90. The number of nitrogens with zero attached hydrogens (tertiary/aromatic N) is 5. The van der Waals surface area contributed by atoms with E-state index >= 15 is 0 Å². The molecule has 3 heterocycles. The van der Waals surface area contributed by atoms with Gasteiger partial charge >= 0.3 is 0 Å². The van der Waals surface area contributed by atoms with Crippen molar-refractivity contribution >= 4 is 23.1 Å². The summed E-state index contributed by atoms with van der Waals surface area (Å²) in [6.45, 7) is 1.98. The van der Waals surface area contributed by atoms with Crippen LogP contribution in [0.4, 0.5) is 0 Å². The molecule has 104 valence electrons. The van der Waals surface area contributed by atoms with Crippen molar-refractivity contribution in [2.24, 2.45) is 0 Å². The molecule has 3 aromatic rings. The maximum atomic E-state index is 6.00. The Morgan fingerprint density at radius 2 is 2.35 bits per heavy atom. The van der Waals surface area contributed by atoms with Crippen LogP contribution in [0.5, 0.6) is 0 Å². The summed E-state index contributed by atoms with van der Waals surface area (Å²) < 4.78 is 6.60. The van der Waals surface area contributed by atoms with E-state index in [-0.39, 0.29) is 0 Å². The van der Waals surface area contributed by atoms with Gasteiger partial charge in [0.2, 0.25) is 11.0 Å². The first-order valence-corrected chi connectivity index (χ1v) is 7.83. The van der Waals surface area contributed by atoms with Crippen molar-refractivity contribution in [3.05, 3.63) is 29.2 Å². The van der Waals surface area contributed by atoms with Crippen LogP contribution >= 0.6 is 23.1 Å². The molecule has 0 saturated heterocycles. The fraction of sp³-hybridized carbons (Fsp3) is 0.273. The number of nitrogen functional groups attached to an aromatic ring is 1. The molecule has 9 heteroatoms. The lowest BCUT2D eigenvalue weighted by Gasteiger charge is -2.00. The van der Waals surface area contributed by atoms with E-state index in [2.05, 4.69) is 20.3 Å². The minimum atomic E-state index is 0.521. The Hall–Kier alpha value is -1.87. The van der Waals surface area contributed by atoms with Gasteiger partial charge in [0.05, 0.1) is 10.6 Å². The molecule has 0 fully saturated rings. The van der Waals surface area contributed by atoms with Gasteiger partial charge in [0.1, 0.15) is 0 Å². The molecule has 0 aliphatic carbocycles. The molecular formula is C11H12N6OS2. The van der Waals surface area contributed by atoms with Gasteiger partial charge < -0.3 is 10.4 Å². The molecule has 3 aromatic heterocycles. The van der Waals surface area contributed by atoms with Crippen LogP contribution < -0.4 is 5.84 Å². The Morgan fingerprint density at radius 1 is 1.45 bits per heavy atom. The van der Waals surface area contributed by atoms with Gasteiger partial charge in [0, 0.05) is 6.42 Å². The summed E-state index contributed by atoms with van der Waals surface area (Å²) in [6, 6.07) is 3.91. The topological polar surface area (TPSA) is 95.7 Å². The zero-order chi connectivity index (χ0) is 13.9. The van der Waals surface area contributed by atoms with Gasteiger partial charge in [-0.05, 0) is 11.4 Å². The number of hydrogen-bond acceptors (Lipinski definition) is 8. The SMILES string of the molecule is CCc1noc(CSc2nnc(-c3cccs3)n2N)n1. The summed E-state index contributed by atoms with van der Waals surface area (Å²) in [6.07, 6.45) is 0.754. The van der Waals surface area contributed by atoms with Crippen LogP contribution in [0.1, 0.15) is 18.6 Å². The highest BCUT2D eigenvalue weighted by atomic mass is 32.2. The van der Waals surface area contributed by atoms with Crippen molar-refractivity contribution in [1.29, 1.82) is 0 Å². The fourth-order valence-electron chi connectivity index (χ4n) is 1.57. The van der Waals surface area contributed by atoms with Crippen LogP contribution in [0.25, 0.3) is 10.7 Å². The highest BCUT2D eigenvalue weighted by Crippen LogP contribution is 2.26. The Kier molecular flexibility index (Phi) is 3.70. The lowest BCUT2D eigenvalue weighted by molar-refractivity contribution is 0.385. The van der Waals surface area contributed by atoms with E-state index in [1.54, 1.807) is 11.3 Å². The summed E-state index contributed by atoms with van der Waals surface area (Å²) in [5.41, 5.74) is 0. The molecule has 0 aliphatic rings. The van der Waals surface area contributed by atoms with E-state index in [1.165, 1.54) is 16.4 Å². The molecule has 2 N–H and O–H groups in total. The van der Waals surface area contributed by atoms with Gasteiger partial charge in [-0.1, -0.05) is 29.9 Å². The number of aryl methyl sites for hydroxylation is 1. The van der Waals surface area contributed by atoms with Gasteiger partial charge in [-0.15, -0.1) is 21.5 Å². The molecule has 3 rings (SSSR count). The molecule has 7 nitrogen and oxygen atoms in total. The van der Waals surface area contributed by atoms with Crippen LogP contribution in [0, 0.1) is 0 Å². The average Bonchev–Trinajstić information content (AvgIpc) is 3.17. The summed E-state index contributed by atoms with van der Waals surface area (Å²) in [5, 5.41) is 14.6. The minimum absolute atomic E-state index is 0.521. The minimum Gasteiger partial charge on any atom is -0.338 e. The Bertz CT molecular complexity index is 690. The number of hydrogen-bond donors (Lipinski definition) is 1. The first-order chi connectivity index (χ1) is 9.78. The molecule has 0 atom stereocenters. The summed E-state index contributed by atoms with van der Waals surface area (Å²) in [5.74, 6) is 8.44. The summed E-state index contributed by atoms with van der Waals surface area (Å²) in [7, 11) is 0. The van der Waals surface area contributed by atoms with E-state index in [1.807, 2.05) is 24.4 Å². The van der Waals surface area contributed by atoms with Gasteiger partial charge in [-0.2, -0.15) is 4.98 Å². The third kappa shape index (κ3) is 2.54. The van der Waals surface area contributed by atoms with Crippen LogP contribution in [-0.4, -0.2) is 25.0 Å². The zero-order valence-electron chi connectivity index (χ0n) is 10.7. The second kappa shape index (κ2) is 5.63. The van der Waals surface area contributed by atoms with Crippen LogP contribution in [-0.2, 0) is 12.2 Å². The van der Waals surface area contributed by atoms with Crippen molar-refractivity contribution in [2.75, 3.05) is 5.84 Å². The summed E-state index contributed by atoms with van der Waals surface area (Å²) >= 11 is 2.99. The van der Waals surface area contributed by atoms with E-state index in [0.29, 0.717) is 28.4 Å². The monoisotopic (exact) mass is 308 g/mol. The lowest BCUT2D eigenvalue weighted by atomic mass is 10.4. The van der Waals surface area contributed by atoms with Crippen molar-refractivity contribution in [3.8, 4) is 10.7 Å². The van der Waals surface area contributed by atoms with Crippen LogP contribution in [0.2, 0.25) is 0 Å². The van der Waals surface area contributed by atoms with Crippen molar-refractivity contribution in [1.82, 2.24) is 25.0 Å². The lowest BCUT2D eigenvalue weighted by Crippen LogP contribution is -2.11. The van der Waals surface area contributed by atoms with Crippen LogP contribution in [0.3, 0.4) is 0 Å². The molecule has 0 saturated carbocycles. The van der Waals surface area contributed by atoms with Crippen LogP contribution in [0.15, 0.2) is 27.2 Å². The average molecular weight is 308 g/mol. The zero-order valence-corrected chi connectivity index (χ0v) is 12.3. The van der Waals surface area contributed by atoms with Gasteiger partial charge in [0.15, 0.2) is 11.6 Å². The number of rotatable bonds is 5. The van der Waals surface area contributed by atoms with E-state index in [4.69, 9.17) is 10.4 Å². The largest absolute Gasteiger partial charge is 0.338 e. The predicted molar refractivity (Wildman–Crippen MR) is 76.7 cm³/mol. The van der Waals surface area contributed by atoms with E-state index < -0.39 is 0 Å². The molecule has 0 aliphatic heterocycles. The number of nitrogens with two attached hydrogens (primary N) is 1. The molecule has 0 bridgehead atoms. The molecule has 0 amide bonds. The molecule has 0 spiro atoms. The highest BCUT2D eigenvalue weighted by molar-refractivity contribution is 7.98. The van der Waals surface area contributed by atoms with Gasteiger partial charge in [0.25, 0.3) is 0 Å². The Balaban J connectivity index is 1.72. The Labute approximate surface area is 123 Å². The van der Waals surface area contributed by atoms with Gasteiger partial charge in [-0.3, -0.25) is 0 Å². The maximum absolute atomic E-state index is 6.00. The highest BCUT2D eigenvalue weighted by Gasteiger charge is 2.14. The smallest absolute Gasteiger partial charge is 0.237 e. The molecule has 0 radical (unpaired) electrons. The molecular weight excluding hydrogens is 296 g/mol. The van der Waals surface area contributed by atoms with Crippen molar-refractivity contribution < 1.29 is 4.52 Å². The number of thioether (sulfide) groups is 1. The number of aromatic nitrogens is 5. The number of thiophene rings is 1. The first-order valence-electron chi connectivity index (χ1n) is 5.96.